The van der Waals surface area contributed by atoms with Crippen LogP contribution < -0.4 is 5.32 Å². The molecule has 0 amide bonds. The van der Waals surface area contributed by atoms with Gasteiger partial charge in [0.15, 0.2) is 0 Å². The summed E-state index contributed by atoms with van der Waals surface area (Å²) in [5.41, 5.74) is 2.48. The van der Waals surface area contributed by atoms with Crippen LogP contribution in [0.2, 0.25) is 0 Å². The van der Waals surface area contributed by atoms with Crippen molar-refractivity contribution in [2.24, 2.45) is 0 Å². The third-order valence-electron chi connectivity index (χ3n) is 2.06. The Kier molecular flexibility index (Phi) is 5.08. The van der Waals surface area contributed by atoms with E-state index in [9.17, 15) is 0 Å². The summed E-state index contributed by atoms with van der Waals surface area (Å²) >= 11 is 0. The standard InChI is InChI=1S/C13H19NO/c1-11(9-14-10-12(2)15)8-13-6-4-3-5-7-13/h3-8,12,14-15H,9-10H2,1-2H3/b11-8+/t12-/m1/s1. The van der Waals surface area contributed by atoms with Gasteiger partial charge in [-0.05, 0) is 19.4 Å². The van der Waals surface area contributed by atoms with Gasteiger partial charge in [0.25, 0.3) is 0 Å². The Hall–Kier alpha value is -1.12. The molecule has 82 valence electrons. The largest absolute Gasteiger partial charge is 0.392 e. The third kappa shape index (κ3) is 5.35. The third-order valence-corrected chi connectivity index (χ3v) is 2.06. The molecule has 0 saturated heterocycles. The summed E-state index contributed by atoms with van der Waals surface area (Å²) in [7, 11) is 0. The van der Waals surface area contributed by atoms with Crippen LogP contribution in [0.4, 0.5) is 0 Å². The molecule has 1 rings (SSSR count). The Labute approximate surface area is 91.6 Å². The van der Waals surface area contributed by atoms with Gasteiger partial charge in [0.2, 0.25) is 0 Å². The lowest BCUT2D eigenvalue weighted by Crippen LogP contribution is -2.25. The zero-order chi connectivity index (χ0) is 11.1. The fourth-order valence-electron chi connectivity index (χ4n) is 1.36. The van der Waals surface area contributed by atoms with E-state index in [0.29, 0.717) is 6.54 Å². The minimum atomic E-state index is -0.283. The van der Waals surface area contributed by atoms with Gasteiger partial charge in [-0.15, -0.1) is 0 Å². The smallest absolute Gasteiger partial charge is 0.0636 e. The van der Waals surface area contributed by atoms with Gasteiger partial charge in [-0.2, -0.15) is 0 Å². The average molecular weight is 205 g/mol. The maximum absolute atomic E-state index is 9.07. The molecule has 0 unspecified atom stereocenters. The van der Waals surface area contributed by atoms with Crippen molar-refractivity contribution in [2.75, 3.05) is 13.1 Å². The molecule has 1 aromatic carbocycles. The van der Waals surface area contributed by atoms with Crippen molar-refractivity contribution in [1.29, 1.82) is 0 Å². The first kappa shape index (κ1) is 12.0. The van der Waals surface area contributed by atoms with Gasteiger partial charge < -0.3 is 10.4 Å². The Balaban J connectivity index is 2.40. The molecular formula is C13H19NO. The molecule has 0 fully saturated rings. The molecule has 0 spiro atoms. The van der Waals surface area contributed by atoms with Gasteiger partial charge in [0.05, 0.1) is 6.10 Å². The van der Waals surface area contributed by atoms with Gasteiger partial charge in [-0.3, -0.25) is 0 Å². The lowest BCUT2D eigenvalue weighted by Gasteiger charge is -2.06. The number of hydrogen-bond donors (Lipinski definition) is 2. The second-order valence-electron chi connectivity index (χ2n) is 3.88. The zero-order valence-corrected chi connectivity index (χ0v) is 9.40. The molecule has 0 aliphatic rings. The first-order valence-corrected chi connectivity index (χ1v) is 5.29. The summed E-state index contributed by atoms with van der Waals surface area (Å²) in [5.74, 6) is 0. The Morgan fingerprint density at radius 2 is 2.07 bits per heavy atom. The van der Waals surface area contributed by atoms with Crippen LogP contribution in [0.1, 0.15) is 19.4 Å². The molecule has 0 bridgehead atoms. The molecule has 2 N–H and O–H groups in total. The van der Waals surface area contributed by atoms with E-state index in [-0.39, 0.29) is 6.10 Å². The van der Waals surface area contributed by atoms with Crippen molar-refractivity contribution in [2.45, 2.75) is 20.0 Å². The van der Waals surface area contributed by atoms with Crippen LogP contribution in [0.25, 0.3) is 6.08 Å². The number of rotatable bonds is 5. The predicted octanol–water partition coefficient (Wildman–Crippen LogP) is 2.06. The SMILES string of the molecule is C/C(=C\c1ccccc1)CNC[C@@H](C)O. The van der Waals surface area contributed by atoms with Crippen LogP contribution in [0.5, 0.6) is 0 Å². The van der Waals surface area contributed by atoms with Crippen LogP contribution in [0, 0.1) is 0 Å². The van der Waals surface area contributed by atoms with Crippen molar-refractivity contribution >= 4 is 6.08 Å². The van der Waals surface area contributed by atoms with Crippen molar-refractivity contribution in [3.63, 3.8) is 0 Å². The molecule has 15 heavy (non-hydrogen) atoms. The Morgan fingerprint density at radius 1 is 1.40 bits per heavy atom. The summed E-state index contributed by atoms with van der Waals surface area (Å²) in [4.78, 5) is 0. The highest BCUT2D eigenvalue weighted by Gasteiger charge is 1.95. The maximum Gasteiger partial charge on any atom is 0.0636 e. The van der Waals surface area contributed by atoms with Gasteiger partial charge in [0, 0.05) is 13.1 Å². The van der Waals surface area contributed by atoms with Crippen LogP contribution >= 0.6 is 0 Å². The number of hydrogen-bond acceptors (Lipinski definition) is 2. The number of aliphatic hydroxyl groups excluding tert-OH is 1. The first-order chi connectivity index (χ1) is 7.18. The summed E-state index contributed by atoms with van der Waals surface area (Å²) < 4.78 is 0. The minimum Gasteiger partial charge on any atom is -0.392 e. The Bertz CT molecular complexity index is 304. The first-order valence-electron chi connectivity index (χ1n) is 5.29. The molecule has 0 aromatic heterocycles. The summed E-state index contributed by atoms with van der Waals surface area (Å²) in [6.07, 6.45) is 1.87. The molecule has 1 aromatic rings. The summed E-state index contributed by atoms with van der Waals surface area (Å²) in [6.45, 7) is 5.32. The highest BCUT2D eigenvalue weighted by Crippen LogP contribution is 2.04. The highest BCUT2D eigenvalue weighted by atomic mass is 16.3. The number of benzene rings is 1. The van der Waals surface area contributed by atoms with E-state index in [0.717, 1.165) is 6.54 Å². The van der Waals surface area contributed by atoms with Crippen LogP contribution in [0.3, 0.4) is 0 Å². The lowest BCUT2D eigenvalue weighted by molar-refractivity contribution is 0.192. The Morgan fingerprint density at radius 3 is 2.67 bits per heavy atom. The van der Waals surface area contributed by atoms with Gasteiger partial charge in [0.1, 0.15) is 0 Å². The lowest BCUT2D eigenvalue weighted by atomic mass is 10.1. The monoisotopic (exact) mass is 205 g/mol. The van der Waals surface area contributed by atoms with Crippen LogP contribution in [0.15, 0.2) is 35.9 Å². The molecule has 2 heteroatoms. The maximum atomic E-state index is 9.07. The van der Waals surface area contributed by atoms with E-state index >= 15 is 0 Å². The molecule has 0 radical (unpaired) electrons. The molecule has 1 atom stereocenters. The van der Waals surface area contributed by atoms with Crippen LogP contribution in [-0.2, 0) is 0 Å². The molecule has 2 nitrogen and oxygen atoms in total. The van der Waals surface area contributed by atoms with E-state index in [4.69, 9.17) is 5.11 Å². The predicted molar refractivity (Wildman–Crippen MR) is 64.6 cm³/mol. The summed E-state index contributed by atoms with van der Waals surface area (Å²) in [5, 5.41) is 12.3. The van der Waals surface area contributed by atoms with Crippen molar-refractivity contribution in [1.82, 2.24) is 5.32 Å². The molecule has 0 aliphatic heterocycles. The van der Waals surface area contributed by atoms with E-state index in [1.54, 1.807) is 6.92 Å². The molecule has 0 aliphatic carbocycles. The van der Waals surface area contributed by atoms with Gasteiger partial charge >= 0.3 is 0 Å². The van der Waals surface area contributed by atoms with E-state index in [1.807, 2.05) is 18.2 Å². The van der Waals surface area contributed by atoms with Gasteiger partial charge in [-0.1, -0.05) is 42.0 Å². The normalized spacial score (nSPS) is 13.9. The fraction of sp³-hybridized carbons (Fsp3) is 0.385. The molecule has 0 saturated carbocycles. The zero-order valence-electron chi connectivity index (χ0n) is 9.40. The van der Waals surface area contributed by atoms with E-state index in [2.05, 4.69) is 30.4 Å². The second-order valence-corrected chi connectivity index (χ2v) is 3.88. The number of aliphatic hydroxyl groups is 1. The number of nitrogens with one attached hydrogen (secondary N) is 1. The van der Waals surface area contributed by atoms with Crippen LogP contribution in [-0.4, -0.2) is 24.3 Å². The summed E-state index contributed by atoms with van der Waals surface area (Å²) in [6, 6.07) is 10.2. The van der Waals surface area contributed by atoms with Gasteiger partial charge in [-0.25, -0.2) is 0 Å². The van der Waals surface area contributed by atoms with Crippen molar-refractivity contribution < 1.29 is 5.11 Å². The quantitative estimate of drug-likeness (QED) is 0.771. The average Bonchev–Trinajstić information content (AvgIpc) is 2.18. The highest BCUT2D eigenvalue weighted by molar-refractivity contribution is 5.52. The van der Waals surface area contributed by atoms with E-state index < -0.39 is 0 Å². The molecular weight excluding hydrogens is 186 g/mol. The second kappa shape index (κ2) is 6.38. The van der Waals surface area contributed by atoms with Crippen molar-refractivity contribution in [3.8, 4) is 0 Å². The topological polar surface area (TPSA) is 32.3 Å². The van der Waals surface area contributed by atoms with Crippen molar-refractivity contribution in [3.05, 3.63) is 41.5 Å². The molecule has 0 heterocycles. The minimum absolute atomic E-state index is 0.283. The van der Waals surface area contributed by atoms with E-state index in [1.165, 1.54) is 11.1 Å². The fourth-order valence-corrected chi connectivity index (χ4v) is 1.36.